The summed E-state index contributed by atoms with van der Waals surface area (Å²) in [5.74, 6) is -1.01. The van der Waals surface area contributed by atoms with E-state index in [2.05, 4.69) is 0 Å². The van der Waals surface area contributed by atoms with Gasteiger partial charge in [0.2, 0.25) is 5.75 Å². The number of rotatable bonds is 3. The van der Waals surface area contributed by atoms with E-state index in [1.54, 1.807) is 12.1 Å². The first kappa shape index (κ1) is 16.4. The molecule has 0 unspecified atom stereocenters. The lowest BCUT2D eigenvalue weighted by Crippen LogP contribution is -2.09. The van der Waals surface area contributed by atoms with Crippen molar-refractivity contribution in [2.75, 3.05) is 0 Å². The fourth-order valence-corrected chi connectivity index (χ4v) is 2.40. The van der Waals surface area contributed by atoms with Gasteiger partial charge in [0.25, 0.3) is 0 Å². The van der Waals surface area contributed by atoms with Crippen molar-refractivity contribution in [2.45, 2.75) is 13.8 Å². The van der Waals surface area contributed by atoms with E-state index in [1.807, 2.05) is 18.2 Å². The van der Waals surface area contributed by atoms with Crippen LogP contribution in [0.4, 0.5) is 0 Å². The Balaban J connectivity index is 2.30. The van der Waals surface area contributed by atoms with E-state index in [1.165, 1.54) is 32.0 Å². The second-order valence-corrected chi connectivity index (χ2v) is 5.30. The van der Waals surface area contributed by atoms with Gasteiger partial charge in [0, 0.05) is 25.5 Å². The zero-order chi connectivity index (χ0) is 18.0. The van der Waals surface area contributed by atoms with Gasteiger partial charge in [-0.2, -0.15) is 0 Å². The normalized spacial score (nSPS) is 10.5. The predicted octanol–water partition coefficient (Wildman–Crippen LogP) is 3.31. The maximum absolute atomic E-state index is 12.4. The molecule has 1 aromatic heterocycles. The Morgan fingerprint density at radius 3 is 2.24 bits per heavy atom. The van der Waals surface area contributed by atoms with Gasteiger partial charge in [-0.25, -0.2) is 0 Å². The Labute approximate surface area is 142 Å². The monoisotopic (exact) mass is 338 g/mol. The summed E-state index contributed by atoms with van der Waals surface area (Å²) in [7, 11) is 0. The smallest absolute Gasteiger partial charge is 0.308 e. The molecule has 0 radical (unpaired) electrons. The molecule has 6 nitrogen and oxygen atoms in total. The van der Waals surface area contributed by atoms with Crippen molar-refractivity contribution in [3.05, 3.63) is 58.8 Å². The molecule has 3 rings (SSSR count). The third kappa shape index (κ3) is 3.42. The van der Waals surface area contributed by atoms with Crippen LogP contribution in [0.1, 0.15) is 13.8 Å². The Hall–Kier alpha value is -3.41. The van der Waals surface area contributed by atoms with Gasteiger partial charge in [0.15, 0.2) is 16.8 Å². The number of ether oxygens (including phenoxy) is 2. The van der Waals surface area contributed by atoms with Crippen LogP contribution in [-0.2, 0) is 9.59 Å². The first-order chi connectivity index (χ1) is 12.0. The third-order valence-corrected chi connectivity index (χ3v) is 3.37. The summed E-state index contributed by atoms with van der Waals surface area (Å²) in [5, 5.41) is 0.215. The summed E-state index contributed by atoms with van der Waals surface area (Å²) in [4.78, 5) is 35.2. The summed E-state index contributed by atoms with van der Waals surface area (Å²) in [6.45, 7) is 2.42. The Morgan fingerprint density at radius 2 is 1.60 bits per heavy atom. The molecule has 0 amide bonds. The molecule has 0 atom stereocenters. The third-order valence-electron chi connectivity index (χ3n) is 3.37. The number of fused-ring (bicyclic) bond motifs is 1. The van der Waals surface area contributed by atoms with E-state index >= 15 is 0 Å². The van der Waals surface area contributed by atoms with Crippen molar-refractivity contribution < 1.29 is 23.5 Å². The van der Waals surface area contributed by atoms with Crippen LogP contribution in [0.2, 0.25) is 0 Å². The lowest BCUT2D eigenvalue weighted by atomic mass is 10.1. The van der Waals surface area contributed by atoms with Gasteiger partial charge in [-0.05, 0) is 12.1 Å². The SMILES string of the molecule is CC(=O)Oc1ccc2c(=O)cc(-c3ccccc3)oc2c1OC(C)=O. The van der Waals surface area contributed by atoms with Crippen LogP contribution in [-0.4, -0.2) is 11.9 Å². The van der Waals surface area contributed by atoms with Gasteiger partial charge in [-0.3, -0.25) is 14.4 Å². The second-order valence-electron chi connectivity index (χ2n) is 5.30. The minimum absolute atomic E-state index is 0.00330. The van der Waals surface area contributed by atoms with Crippen molar-refractivity contribution in [2.24, 2.45) is 0 Å². The van der Waals surface area contributed by atoms with Gasteiger partial charge in [0.1, 0.15) is 5.76 Å². The molecular formula is C19H14O6. The number of carbonyl (C=O) groups is 2. The summed E-state index contributed by atoms with van der Waals surface area (Å²) in [6, 6.07) is 13.2. The highest BCUT2D eigenvalue weighted by atomic mass is 16.6. The quantitative estimate of drug-likeness (QED) is 0.538. The minimum Gasteiger partial charge on any atom is -0.452 e. The van der Waals surface area contributed by atoms with Crippen molar-refractivity contribution in [1.29, 1.82) is 0 Å². The van der Waals surface area contributed by atoms with Gasteiger partial charge in [0.05, 0.1) is 5.39 Å². The van der Waals surface area contributed by atoms with E-state index in [4.69, 9.17) is 13.9 Å². The Bertz CT molecular complexity index is 1020. The Morgan fingerprint density at radius 1 is 0.920 bits per heavy atom. The van der Waals surface area contributed by atoms with Crippen LogP contribution in [0.5, 0.6) is 11.5 Å². The van der Waals surface area contributed by atoms with Gasteiger partial charge in [-0.1, -0.05) is 30.3 Å². The minimum atomic E-state index is -0.631. The topological polar surface area (TPSA) is 82.8 Å². The van der Waals surface area contributed by atoms with Gasteiger partial charge in [-0.15, -0.1) is 0 Å². The molecule has 0 saturated carbocycles. The molecule has 3 aromatic rings. The molecule has 0 aliphatic heterocycles. The molecule has 0 bridgehead atoms. The number of benzene rings is 2. The summed E-state index contributed by atoms with van der Waals surface area (Å²) >= 11 is 0. The molecule has 2 aromatic carbocycles. The maximum atomic E-state index is 12.4. The van der Waals surface area contributed by atoms with Crippen LogP contribution in [0.3, 0.4) is 0 Å². The summed E-state index contributed by atoms with van der Waals surface area (Å²) in [5.41, 5.74) is 0.427. The largest absolute Gasteiger partial charge is 0.452 e. The molecule has 6 heteroatoms. The fraction of sp³-hybridized carbons (Fsp3) is 0.105. The lowest BCUT2D eigenvalue weighted by molar-refractivity contribution is -0.134. The van der Waals surface area contributed by atoms with Crippen molar-refractivity contribution in [3.8, 4) is 22.8 Å². The van der Waals surface area contributed by atoms with Gasteiger partial charge >= 0.3 is 11.9 Å². The molecule has 0 aliphatic rings. The highest BCUT2D eigenvalue weighted by Crippen LogP contribution is 2.36. The summed E-state index contributed by atoms with van der Waals surface area (Å²) < 4.78 is 16.0. The molecule has 1 heterocycles. The van der Waals surface area contributed by atoms with Crippen molar-refractivity contribution in [3.63, 3.8) is 0 Å². The molecular weight excluding hydrogens is 324 g/mol. The second kappa shape index (κ2) is 6.60. The van der Waals surface area contributed by atoms with Crippen LogP contribution in [0, 0.1) is 0 Å². The maximum Gasteiger partial charge on any atom is 0.308 e. The van der Waals surface area contributed by atoms with E-state index in [0.717, 1.165) is 0 Å². The fourth-order valence-electron chi connectivity index (χ4n) is 2.40. The molecule has 126 valence electrons. The van der Waals surface area contributed by atoms with Crippen molar-refractivity contribution in [1.82, 2.24) is 0 Å². The first-order valence-corrected chi connectivity index (χ1v) is 7.49. The van der Waals surface area contributed by atoms with E-state index < -0.39 is 11.9 Å². The van der Waals surface area contributed by atoms with E-state index in [-0.39, 0.29) is 27.9 Å². The lowest BCUT2D eigenvalue weighted by Gasteiger charge is -2.11. The number of carbonyl (C=O) groups excluding carboxylic acids is 2. The highest BCUT2D eigenvalue weighted by molar-refractivity contribution is 5.90. The summed E-state index contributed by atoms with van der Waals surface area (Å²) in [6.07, 6.45) is 0. The molecule has 0 N–H and O–H groups in total. The zero-order valence-electron chi connectivity index (χ0n) is 13.6. The number of hydrogen-bond donors (Lipinski definition) is 0. The average molecular weight is 338 g/mol. The van der Waals surface area contributed by atoms with Crippen LogP contribution < -0.4 is 14.9 Å². The average Bonchev–Trinajstić information content (AvgIpc) is 2.57. The number of hydrogen-bond acceptors (Lipinski definition) is 6. The first-order valence-electron chi connectivity index (χ1n) is 7.49. The number of esters is 2. The highest BCUT2D eigenvalue weighted by Gasteiger charge is 2.19. The van der Waals surface area contributed by atoms with Crippen LogP contribution in [0.15, 0.2) is 57.7 Å². The molecule has 0 saturated heterocycles. The van der Waals surface area contributed by atoms with E-state index in [9.17, 15) is 14.4 Å². The predicted molar refractivity (Wildman–Crippen MR) is 90.5 cm³/mol. The van der Waals surface area contributed by atoms with Gasteiger partial charge < -0.3 is 13.9 Å². The van der Waals surface area contributed by atoms with Crippen LogP contribution in [0.25, 0.3) is 22.3 Å². The van der Waals surface area contributed by atoms with Crippen molar-refractivity contribution >= 4 is 22.9 Å². The molecule has 0 fully saturated rings. The van der Waals surface area contributed by atoms with Crippen LogP contribution >= 0.6 is 0 Å². The molecule has 0 spiro atoms. The standard InChI is InChI=1S/C19H14O6/c1-11(20)23-16-9-8-14-15(22)10-17(13-6-4-3-5-7-13)25-18(14)19(16)24-12(2)21/h3-10H,1-2H3. The van der Waals surface area contributed by atoms with E-state index in [0.29, 0.717) is 11.3 Å². The zero-order valence-corrected chi connectivity index (χ0v) is 13.6. The Kier molecular flexibility index (Phi) is 4.35. The molecule has 25 heavy (non-hydrogen) atoms. The molecule has 0 aliphatic carbocycles.